The van der Waals surface area contributed by atoms with Crippen molar-refractivity contribution in [1.82, 2.24) is 10.6 Å². The lowest BCUT2D eigenvalue weighted by Gasteiger charge is -2.22. The molecule has 8 nitrogen and oxygen atoms in total. The summed E-state index contributed by atoms with van der Waals surface area (Å²) in [4.78, 5) is 34.5. The normalized spacial score (nSPS) is 14.4. The van der Waals surface area contributed by atoms with Crippen molar-refractivity contribution < 1.29 is 42.5 Å². The Hall–Kier alpha value is -3.60. The number of rotatable bonds is 10. The molecule has 2 atom stereocenters. The van der Waals surface area contributed by atoms with Gasteiger partial charge < -0.3 is 25.6 Å². The van der Waals surface area contributed by atoms with Crippen molar-refractivity contribution in [3.8, 4) is 11.1 Å². The minimum atomic E-state index is -4.82. The van der Waals surface area contributed by atoms with Crippen LogP contribution in [-0.2, 0) is 14.3 Å². The Morgan fingerprint density at radius 3 is 2.11 bits per heavy atom. The fourth-order valence-electron chi connectivity index (χ4n) is 3.97. The predicted molar refractivity (Wildman–Crippen MR) is 119 cm³/mol. The second-order valence-electron chi connectivity index (χ2n) is 8.16. The molecule has 0 fully saturated rings. The molecule has 0 aliphatic heterocycles. The zero-order valence-electron chi connectivity index (χ0n) is 18.5. The average molecular weight is 494 g/mol. The first-order valence-electron chi connectivity index (χ1n) is 10.9. The van der Waals surface area contributed by atoms with E-state index in [4.69, 9.17) is 9.84 Å². The molecule has 11 heteroatoms. The molecule has 0 saturated carbocycles. The smallest absolute Gasteiger partial charge is 0.408 e. The molecule has 35 heavy (non-hydrogen) atoms. The second kappa shape index (κ2) is 11.2. The number of carbonyl (C=O) groups is 3. The topological polar surface area (TPSA) is 125 Å². The molecule has 0 radical (unpaired) electrons. The highest BCUT2D eigenvalue weighted by atomic mass is 19.4. The van der Waals surface area contributed by atoms with Crippen LogP contribution in [-0.4, -0.2) is 59.7 Å². The summed E-state index contributed by atoms with van der Waals surface area (Å²) in [6.07, 6.45) is -9.42. The summed E-state index contributed by atoms with van der Waals surface area (Å²) in [6.45, 7) is -0.575. The maximum absolute atomic E-state index is 13.4. The third-order valence-corrected chi connectivity index (χ3v) is 5.64. The molecule has 4 N–H and O–H groups in total. The van der Waals surface area contributed by atoms with Crippen LogP contribution in [0.2, 0.25) is 0 Å². The summed E-state index contributed by atoms with van der Waals surface area (Å²) in [5, 5.41) is 21.9. The van der Waals surface area contributed by atoms with Gasteiger partial charge in [0, 0.05) is 18.9 Å². The van der Waals surface area contributed by atoms with Crippen LogP contribution in [0.4, 0.5) is 18.0 Å². The van der Waals surface area contributed by atoms with Crippen molar-refractivity contribution in [2.24, 2.45) is 0 Å². The number of carboxylic acid groups (broad SMARTS) is 1. The van der Waals surface area contributed by atoms with Gasteiger partial charge in [0.05, 0.1) is 12.5 Å². The number of hydrogen-bond donors (Lipinski definition) is 4. The molecule has 0 bridgehead atoms. The number of hydrogen-bond acceptors (Lipinski definition) is 5. The summed E-state index contributed by atoms with van der Waals surface area (Å²) in [6, 6.07) is 12.7. The number of alkyl halides is 3. The molecule has 2 aromatic carbocycles. The van der Waals surface area contributed by atoms with Crippen LogP contribution in [0.1, 0.15) is 36.3 Å². The SMILES string of the molecule is O=C(O)CC(O)CNC(=O)CC[C@H](NC(=O)OCC1c2ccccc2-c2ccccc21)C(F)(F)F. The van der Waals surface area contributed by atoms with Gasteiger partial charge in [0.15, 0.2) is 0 Å². The second-order valence-corrected chi connectivity index (χ2v) is 8.16. The van der Waals surface area contributed by atoms with E-state index < -0.39 is 62.1 Å². The molecule has 188 valence electrons. The van der Waals surface area contributed by atoms with Crippen molar-refractivity contribution in [2.75, 3.05) is 13.2 Å². The Bertz CT molecular complexity index is 1030. The molecule has 2 amide bonds. The maximum atomic E-state index is 13.4. The highest BCUT2D eigenvalue weighted by Crippen LogP contribution is 2.44. The molecule has 2 aromatic rings. The van der Waals surface area contributed by atoms with Crippen LogP contribution < -0.4 is 10.6 Å². The first-order chi connectivity index (χ1) is 16.6. The van der Waals surface area contributed by atoms with Gasteiger partial charge in [-0.25, -0.2) is 4.79 Å². The molecular weight excluding hydrogens is 469 g/mol. The summed E-state index contributed by atoms with van der Waals surface area (Å²) < 4.78 is 45.4. The van der Waals surface area contributed by atoms with E-state index in [9.17, 15) is 32.7 Å². The van der Waals surface area contributed by atoms with Gasteiger partial charge in [-0.15, -0.1) is 0 Å². The van der Waals surface area contributed by atoms with Crippen molar-refractivity contribution in [2.45, 2.75) is 43.5 Å². The van der Waals surface area contributed by atoms with Gasteiger partial charge in [0.25, 0.3) is 0 Å². The van der Waals surface area contributed by atoms with Crippen LogP contribution in [0, 0.1) is 0 Å². The molecule has 3 rings (SSSR count). The minimum absolute atomic E-state index is 0.160. The number of aliphatic hydroxyl groups excluding tert-OH is 1. The molecule has 0 heterocycles. The fraction of sp³-hybridized carbons (Fsp3) is 0.375. The number of fused-ring (bicyclic) bond motifs is 3. The van der Waals surface area contributed by atoms with Crippen molar-refractivity contribution in [3.63, 3.8) is 0 Å². The number of ether oxygens (including phenoxy) is 1. The van der Waals surface area contributed by atoms with Crippen molar-refractivity contribution in [3.05, 3.63) is 59.7 Å². The number of aliphatic hydroxyl groups is 1. The summed E-state index contributed by atoms with van der Waals surface area (Å²) in [5.74, 6) is -2.42. The first kappa shape index (κ1) is 26.0. The average Bonchev–Trinajstić information content (AvgIpc) is 3.11. The molecule has 0 spiro atoms. The van der Waals surface area contributed by atoms with Gasteiger partial charge in [-0.3, -0.25) is 9.59 Å². The molecule has 1 aliphatic rings. The number of benzene rings is 2. The van der Waals surface area contributed by atoms with Crippen LogP contribution in [0.3, 0.4) is 0 Å². The lowest BCUT2D eigenvalue weighted by molar-refractivity contribution is -0.156. The van der Waals surface area contributed by atoms with Gasteiger partial charge in [-0.2, -0.15) is 13.2 Å². The maximum Gasteiger partial charge on any atom is 0.408 e. The summed E-state index contributed by atoms with van der Waals surface area (Å²) in [7, 11) is 0. The number of nitrogens with one attached hydrogen (secondary N) is 2. The fourth-order valence-corrected chi connectivity index (χ4v) is 3.97. The van der Waals surface area contributed by atoms with Crippen molar-refractivity contribution in [1.29, 1.82) is 0 Å². The van der Waals surface area contributed by atoms with E-state index in [1.807, 2.05) is 48.5 Å². The lowest BCUT2D eigenvalue weighted by atomic mass is 9.98. The minimum Gasteiger partial charge on any atom is -0.481 e. The van der Waals surface area contributed by atoms with Gasteiger partial charge >= 0.3 is 18.2 Å². The Kier molecular flexibility index (Phi) is 8.34. The number of aliphatic carboxylic acids is 1. The summed E-state index contributed by atoms with van der Waals surface area (Å²) in [5.41, 5.74) is 3.78. The highest BCUT2D eigenvalue weighted by Gasteiger charge is 2.41. The Morgan fingerprint density at radius 1 is 1.00 bits per heavy atom. The monoisotopic (exact) mass is 494 g/mol. The van der Waals surface area contributed by atoms with Gasteiger partial charge in [-0.05, 0) is 28.7 Å². The lowest BCUT2D eigenvalue weighted by Crippen LogP contribution is -2.46. The zero-order valence-corrected chi connectivity index (χ0v) is 18.5. The number of halogens is 3. The number of alkyl carbamates (subject to hydrolysis) is 1. The van der Waals surface area contributed by atoms with E-state index in [2.05, 4.69) is 5.32 Å². The number of carbonyl (C=O) groups excluding carboxylic acids is 2. The highest BCUT2D eigenvalue weighted by molar-refractivity contribution is 5.79. The molecule has 0 saturated heterocycles. The van der Waals surface area contributed by atoms with Crippen LogP contribution in [0.5, 0.6) is 0 Å². The number of carboxylic acids is 1. The molecule has 0 aromatic heterocycles. The number of amides is 2. The Labute approximate surface area is 199 Å². The van der Waals surface area contributed by atoms with E-state index in [-0.39, 0.29) is 12.5 Å². The van der Waals surface area contributed by atoms with E-state index in [0.717, 1.165) is 22.3 Å². The predicted octanol–water partition coefficient (Wildman–Crippen LogP) is 3.19. The zero-order chi connectivity index (χ0) is 25.6. The Balaban J connectivity index is 1.54. The van der Waals surface area contributed by atoms with E-state index in [1.54, 1.807) is 5.32 Å². The quantitative estimate of drug-likeness (QED) is 0.402. The third-order valence-electron chi connectivity index (χ3n) is 5.64. The standard InChI is InChI=1S/C24H25F3N2O6/c25-24(26,27)20(9-10-21(31)28-12-14(30)11-22(32)33)29-23(34)35-13-19-17-7-3-1-5-15(17)16-6-2-4-8-18(16)19/h1-8,14,19-20,30H,9-13H2,(H,28,31)(H,29,34)(H,32,33)/t14?,20-/m0/s1. The first-order valence-corrected chi connectivity index (χ1v) is 10.9. The van der Waals surface area contributed by atoms with E-state index >= 15 is 0 Å². The van der Waals surface area contributed by atoms with Crippen LogP contribution in [0.25, 0.3) is 11.1 Å². The van der Waals surface area contributed by atoms with Gasteiger partial charge in [0.2, 0.25) is 5.91 Å². The van der Waals surface area contributed by atoms with Crippen LogP contribution in [0.15, 0.2) is 48.5 Å². The largest absolute Gasteiger partial charge is 0.481 e. The molecule has 1 unspecified atom stereocenters. The van der Waals surface area contributed by atoms with Crippen molar-refractivity contribution >= 4 is 18.0 Å². The Morgan fingerprint density at radius 2 is 1.57 bits per heavy atom. The third kappa shape index (κ3) is 6.95. The van der Waals surface area contributed by atoms with Gasteiger partial charge in [-0.1, -0.05) is 48.5 Å². The molecular formula is C24H25F3N2O6. The van der Waals surface area contributed by atoms with E-state index in [1.165, 1.54) is 0 Å². The molecule has 1 aliphatic carbocycles. The summed E-state index contributed by atoms with van der Waals surface area (Å²) >= 11 is 0. The van der Waals surface area contributed by atoms with E-state index in [0.29, 0.717) is 0 Å². The van der Waals surface area contributed by atoms with Crippen LogP contribution >= 0.6 is 0 Å². The van der Waals surface area contributed by atoms with Gasteiger partial charge in [0.1, 0.15) is 12.6 Å².